The Kier molecular flexibility index (Phi) is 4.18. The number of hydrogen-bond acceptors (Lipinski definition) is 6. The van der Waals surface area contributed by atoms with E-state index in [0.29, 0.717) is 5.92 Å². The van der Waals surface area contributed by atoms with E-state index >= 15 is 0 Å². The van der Waals surface area contributed by atoms with Crippen molar-refractivity contribution in [3.05, 3.63) is 35.7 Å². The van der Waals surface area contributed by atoms with Gasteiger partial charge in [-0.2, -0.15) is 0 Å². The molecular formula is C16H22N6. The standard InChI is InChI=1S/C16H22N6/c1-11-7-16(19-10-18-11)22-6-4-5-13(9-22)14-8-15(17-3)21-12(2)20-14/h7-8,10,13H,4-6,9H2,1-3H3,(H,17,20,21)/t13-/m1/s1. The van der Waals surface area contributed by atoms with Crippen molar-refractivity contribution in [1.82, 2.24) is 19.9 Å². The first-order valence-corrected chi connectivity index (χ1v) is 7.72. The number of aromatic nitrogens is 4. The molecule has 1 saturated heterocycles. The normalized spacial score (nSPS) is 18.3. The zero-order valence-electron chi connectivity index (χ0n) is 13.4. The minimum absolute atomic E-state index is 0.415. The van der Waals surface area contributed by atoms with Crippen molar-refractivity contribution >= 4 is 11.6 Å². The van der Waals surface area contributed by atoms with E-state index in [2.05, 4.69) is 36.2 Å². The molecule has 1 aliphatic heterocycles. The first kappa shape index (κ1) is 14.7. The average Bonchev–Trinajstić information content (AvgIpc) is 2.54. The van der Waals surface area contributed by atoms with Gasteiger partial charge in [0.2, 0.25) is 0 Å². The van der Waals surface area contributed by atoms with E-state index in [1.165, 1.54) is 0 Å². The maximum atomic E-state index is 4.64. The summed E-state index contributed by atoms with van der Waals surface area (Å²) in [4.78, 5) is 19.9. The summed E-state index contributed by atoms with van der Waals surface area (Å²) in [5.74, 6) is 3.13. The molecule has 2 aromatic rings. The van der Waals surface area contributed by atoms with E-state index < -0.39 is 0 Å². The predicted molar refractivity (Wildman–Crippen MR) is 87.3 cm³/mol. The van der Waals surface area contributed by atoms with E-state index in [1.807, 2.05) is 27.0 Å². The summed E-state index contributed by atoms with van der Waals surface area (Å²) in [7, 11) is 1.89. The number of piperidine rings is 1. The van der Waals surface area contributed by atoms with Gasteiger partial charge in [-0.15, -0.1) is 0 Å². The predicted octanol–water partition coefficient (Wildman–Crippen LogP) is 2.31. The molecule has 0 saturated carbocycles. The molecule has 3 heterocycles. The van der Waals surface area contributed by atoms with Crippen molar-refractivity contribution in [3.8, 4) is 0 Å². The Balaban J connectivity index is 1.82. The van der Waals surface area contributed by atoms with Crippen LogP contribution in [0.3, 0.4) is 0 Å². The van der Waals surface area contributed by atoms with Crippen molar-refractivity contribution in [2.45, 2.75) is 32.6 Å². The molecule has 0 unspecified atom stereocenters. The minimum atomic E-state index is 0.415. The Morgan fingerprint density at radius 2 is 2.05 bits per heavy atom. The fourth-order valence-corrected chi connectivity index (χ4v) is 2.97. The van der Waals surface area contributed by atoms with Crippen molar-refractivity contribution in [3.63, 3.8) is 0 Å². The second-order valence-corrected chi connectivity index (χ2v) is 5.78. The lowest BCUT2D eigenvalue weighted by molar-refractivity contribution is 0.497. The highest BCUT2D eigenvalue weighted by molar-refractivity contribution is 5.41. The zero-order chi connectivity index (χ0) is 15.5. The Morgan fingerprint density at radius 3 is 2.82 bits per heavy atom. The first-order valence-electron chi connectivity index (χ1n) is 7.72. The summed E-state index contributed by atoms with van der Waals surface area (Å²) in [6.07, 6.45) is 3.94. The summed E-state index contributed by atoms with van der Waals surface area (Å²) in [5, 5.41) is 3.11. The van der Waals surface area contributed by atoms with Gasteiger partial charge in [-0.25, -0.2) is 19.9 Å². The van der Waals surface area contributed by atoms with Gasteiger partial charge in [0.25, 0.3) is 0 Å². The highest BCUT2D eigenvalue weighted by Crippen LogP contribution is 2.29. The lowest BCUT2D eigenvalue weighted by atomic mass is 9.94. The van der Waals surface area contributed by atoms with Gasteiger partial charge in [0.1, 0.15) is 23.8 Å². The van der Waals surface area contributed by atoms with Gasteiger partial charge in [-0.3, -0.25) is 0 Å². The topological polar surface area (TPSA) is 66.8 Å². The average molecular weight is 298 g/mol. The van der Waals surface area contributed by atoms with Gasteiger partial charge in [0, 0.05) is 43.9 Å². The van der Waals surface area contributed by atoms with Gasteiger partial charge < -0.3 is 10.2 Å². The SMILES string of the molecule is CNc1cc([C@@H]2CCCN(c3cc(C)ncn3)C2)nc(C)n1. The molecule has 0 spiro atoms. The lowest BCUT2D eigenvalue weighted by Gasteiger charge is -2.33. The van der Waals surface area contributed by atoms with E-state index in [-0.39, 0.29) is 0 Å². The van der Waals surface area contributed by atoms with E-state index in [4.69, 9.17) is 0 Å². The van der Waals surface area contributed by atoms with Gasteiger partial charge >= 0.3 is 0 Å². The van der Waals surface area contributed by atoms with Gasteiger partial charge in [-0.1, -0.05) is 0 Å². The minimum Gasteiger partial charge on any atom is -0.373 e. The number of aryl methyl sites for hydroxylation is 2. The molecule has 0 aliphatic carbocycles. The van der Waals surface area contributed by atoms with Crippen LogP contribution in [0.15, 0.2) is 18.5 Å². The molecule has 22 heavy (non-hydrogen) atoms. The molecule has 6 nitrogen and oxygen atoms in total. The van der Waals surface area contributed by atoms with E-state index in [1.54, 1.807) is 6.33 Å². The largest absolute Gasteiger partial charge is 0.373 e. The molecule has 0 aromatic carbocycles. The van der Waals surface area contributed by atoms with Crippen LogP contribution in [0.25, 0.3) is 0 Å². The number of rotatable bonds is 3. The summed E-state index contributed by atoms with van der Waals surface area (Å²) >= 11 is 0. The highest BCUT2D eigenvalue weighted by Gasteiger charge is 2.24. The van der Waals surface area contributed by atoms with Crippen molar-refractivity contribution in [2.75, 3.05) is 30.4 Å². The molecular weight excluding hydrogens is 276 g/mol. The third kappa shape index (κ3) is 3.16. The van der Waals surface area contributed by atoms with Crippen LogP contribution < -0.4 is 10.2 Å². The van der Waals surface area contributed by atoms with Crippen molar-refractivity contribution in [2.24, 2.45) is 0 Å². The van der Waals surface area contributed by atoms with Gasteiger partial charge in [0.15, 0.2) is 0 Å². The van der Waals surface area contributed by atoms with Crippen LogP contribution in [0.4, 0.5) is 11.6 Å². The Morgan fingerprint density at radius 1 is 1.18 bits per heavy atom. The van der Waals surface area contributed by atoms with Crippen LogP contribution in [0.5, 0.6) is 0 Å². The van der Waals surface area contributed by atoms with Crippen LogP contribution in [0, 0.1) is 13.8 Å². The maximum absolute atomic E-state index is 4.64. The number of nitrogens with one attached hydrogen (secondary N) is 1. The molecule has 1 aliphatic rings. The number of nitrogens with zero attached hydrogens (tertiary/aromatic N) is 5. The van der Waals surface area contributed by atoms with Gasteiger partial charge in [-0.05, 0) is 26.7 Å². The first-order chi connectivity index (χ1) is 10.7. The lowest BCUT2D eigenvalue weighted by Crippen LogP contribution is -2.35. The molecule has 116 valence electrons. The molecule has 0 radical (unpaired) electrons. The smallest absolute Gasteiger partial charge is 0.132 e. The van der Waals surface area contributed by atoms with Crippen LogP contribution in [0.2, 0.25) is 0 Å². The molecule has 1 N–H and O–H groups in total. The van der Waals surface area contributed by atoms with Crippen molar-refractivity contribution in [1.29, 1.82) is 0 Å². The molecule has 6 heteroatoms. The molecule has 1 atom stereocenters. The zero-order valence-corrected chi connectivity index (χ0v) is 13.4. The summed E-state index contributed by atoms with van der Waals surface area (Å²) in [6, 6.07) is 4.11. The second kappa shape index (κ2) is 6.25. The Labute approximate surface area is 131 Å². The molecule has 3 rings (SSSR count). The van der Waals surface area contributed by atoms with E-state index in [9.17, 15) is 0 Å². The molecule has 2 aromatic heterocycles. The third-order valence-corrected chi connectivity index (χ3v) is 4.07. The van der Waals surface area contributed by atoms with Crippen LogP contribution >= 0.6 is 0 Å². The number of hydrogen-bond donors (Lipinski definition) is 1. The molecule has 0 bridgehead atoms. The molecule has 0 amide bonds. The Bertz CT molecular complexity index is 657. The fourth-order valence-electron chi connectivity index (χ4n) is 2.97. The monoisotopic (exact) mass is 298 g/mol. The summed E-state index contributed by atoms with van der Waals surface area (Å²) < 4.78 is 0. The number of anilines is 2. The van der Waals surface area contributed by atoms with E-state index in [0.717, 1.165) is 54.8 Å². The summed E-state index contributed by atoms with van der Waals surface area (Å²) in [6.45, 7) is 5.92. The maximum Gasteiger partial charge on any atom is 0.132 e. The third-order valence-electron chi connectivity index (χ3n) is 4.07. The Hall–Kier alpha value is -2.24. The fraction of sp³-hybridized carbons (Fsp3) is 0.500. The van der Waals surface area contributed by atoms with Crippen LogP contribution in [-0.4, -0.2) is 40.1 Å². The highest BCUT2D eigenvalue weighted by atomic mass is 15.2. The summed E-state index contributed by atoms with van der Waals surface area (Å²) in [5.41, 5.74) is 2.12. The van der Waals surface area contributed by atoms with Crippen molar-refractivity contribution < 1.29 is 0 Å². The van der Waals surface area contributed by atoms with Gasteiger partial charge in [0.05, 0.1) is 5.69 Å². The second-order valence-electron chi connectivity index (χ2n) is 5.78. The van der Waals surface area contributed by atoms with Crippen LogP contribution in [0.1, 0.15) is 36.0 Å². The quantitative estimate of drug-likeness (QED) is 0.938. The molecule has 1 fully saturated rings. The van der Waals surface area contributed by atoms with Crippen LogP contribution in [-0.2, 0) is 0 Å².